The van der Waals surface area contributed by atoms with Crippen LogP contribution in [0.25, 0.3) is 0 Å². The third-order valence-corrected chi connectivity index (χ3v) is 1.09. The summed E-state index contributed by atoms with van der Waals surface area (Å²) in [6.45, 7) is 7.60. The molecule has 0 unspecified atom stereocenters. The Morgan fingerprint density at radius 2 is 1.70 bits per heavy atom. The summed E-state index contributed by atoms with van der Waals surface area (Å²) in [4.78, 5) is 0. The molecule has 0 spiro atoms. The second kappa shape index (κ2) is 6.99. The Balaban J connectivity index is 0.000000236. The predicted octanol–water partition coefficient (Wildman–Crippen LogP) is 0.697. The number of hydroxylamine groups is 2. The van der Waals surface area contributed by atoms with Crippen LogP contribution in [0.5, 0.6) is 0 Å². The van der Waals surface area contributed by atoms with E-state index in [1.807, 2.05) is 0 Å². The minimum atomic E-state index is 0.764. The molecular weight excluding hydrogens is 128 g/mol. The zero-order valence-electron chi connectivity index (χ0n) is 6.93. The molecule has 3 heteroatoms. The quantitative estimate of drug-likeness (QED) is 0.528. The van der Waals surface area contributed by atoms with Crippen molar-refractivity contribution in [2.45, 2.75) is 20.3 Å². The van der Waals surface area contributed by atoms with Gasteiger partial charge in [0.2, 0.25) is 0 Å². The van der Waals surface area contributed by atoms with Crippen molar-refractivity contribution in [3.8, 4) is 0 Å². The Morgan fingerprint density at radius 3 is 1.90 bits per heavy atom. The fraction of sp³-hybridized carbons (Fsp3) is 1.00. The van der Waals surface area contributed by atoms with Crippen molar-refractivity contribution in [2.75, 3.05) is 26.2 Å². The van der Waals surface area contributed by atoms with Crippen molar-refractivity contribution in [3.05, 3.63) is 0 Å². The third kappa shape index (κ3) is 6.01. The molecule has 10 heavy (non-hydrogen) atoms. The van der Waals surface area contributed by atoms with Gasteiger partial charge in [-0.05, 0) is 0 Å². The van der Waals surface area contributed by atoms with E-state index in [0.29, 0.717) is 0 Å². The largest absolute Gasteiger partial charge is 0.314 e. The second-order valence-electron chi connectivity index (χ2n) is 2.41. The van der Waals surface area contributed by atoms with Gasteiger partial charge in [-0.1, -0.05) is 20.3 Å². The number of piperazine rings is 1. The van der Waals surface area contributed by atoms with Gasteiger partial charge in [0.05, 0.1) is 0 Å². The minimum Gasteiger partial charge on any atom is -0.314 e. The molecule has 1 aliphatic rings. The van der Waals surface area contributed by atoms with Crippen LogP contribution >= 0.6 is 0 Å². The van der Waals surface area contributed by atoms with Gasteiger partial charge in [0.15, 0.2) is 0 Å². The molecule has 0 amide bonds. The zero-order valence-corrected chi connectivity index (χ0v) is 6.93. The molecule has 0 aromatic rings. The van der Waals surface area contributed by atoms with Gasteiger partial charge in [-0.3, -0.25) is 0 Å². The maximum Gasteiger partial charge on any atom is 0.0363 e. The summed E-state index contributed by atoms with van der Waals surface area (Å²) in [7, 11) is 0. The molecule has 62 valence electrons. The lowest BCUT2D eigenvalue weighted by Crippen LogP contribution is -2.41. The van der Waals surface area contributed by atoms with Crippen LogP contribution in [0.4, 0.5) is 0 Å². The molecule has 1 rings (SSSR count). The van der Waals surface area contributed by atoms with Gasteiger partial charge in [0, 0.05) is 26.2 Å². The van der Waals surface area contributed by atoms with Gasteiger partial charge >= 0.3 is 0 Å². The average molecular weight is 146 g/mol. The number of nitrogens with zero attached hydrogens (tertiary/aromatic N) is 1. The topological polar surface area (TPSA) is 35.5 Å². The second-order valence-corrected chi connectivity index (χ2v) is 2.41. The molecular formula is C7H18N2O. The maximum atomic E-state index is 8.70. The van der Waals surface area contributed by atoms with Gasteiger partial charge in [0.1, 0.15) is 0 Å². The van der Waals surface area contributed by atoms with Crippen LogP contribution in [0.1, 0.15) is 20.3 Å². The van der Waals surface area contributed by atoms with Crippen LogP contribution in [0.3, 0.4) is 0 Å². The van der Waals surface area contributed by atoms with Crippen LogP contribution in [0.15, 0.2) is 0 Å². The smallest absolute Gasteiger partial charge is 0.0363 e. The van der Waals surface area contributed by atoms with Crippen molar-refractivity contribution in [1.82, 2.24) is 10.4 Å². The normalized spacial score (nSPS) is 19.5. The Morgan fingerprint density at radius 1 is 1.30 bits per heavy atom. The van der Waals surface area contributed by atoms with E-state index in [-0.39, 0.29) is 0 Å². The summed E-state index contributed by atoms with van der Waals surface area (Å²) in [6, 6.07) is 0. The molecule has 0 aliphatic carbocycles. The van der Waals surface area contributed by atoms with Crippen molar-refractivity contribution >= 4 is 0 Å². The summed E-state index contributed by atoms with van der Waals surface area (Å²) >= 11 is 0. The zero-order chi connectivity index (χ0) is 7.82. The lowest BCUT2D eigenvalue weighted by atomic mass is 10.4. The monoisotopic (exact) mass is 146 g/mol. The number of nitrogens with one attached hydrogen (secondary N) is 1. The van der Waals surface area contributed by atoms with Crippen molar-refractivity contribution in [2.24, 2.45) is 0 Å². The summed E-state index contributed by atoms with van der Waals surface area (Å²) in [5.74, 6) is 0. The van der Waals surface area contributed by atoms with E-state index >= 15 is 0 Å². The van der Waals surface area contributed by atoms with Gasteiger partial charge < -0.3 is 10.5 Å². The fourth-order valence-electron chi connectivity index (χ4n) is 0.653. The molecule has 0 aromatic heterocycles. The molecule has 2 N–H and O–H groups in total. The molecule has 0 atom stereocenters. The molecule has 0 saturated carbocycles. The SMILES string of the molecule is CCC.ON1CCNCC1. The molecule has 0 radical (unpaired) electrons. The van der Waals surface area contributed by atoms with E-state index in [0.717, 1.165) is 26.2 Å². The Bertz CT molecular complexity index is 62.6. The van der Waals surface area contributed by atoms with E-state index < -0.39 is 0 Å². The highest BCUT2D eigenvalue weighted by atomic mass is 16.5. The van der Waals surface area contributed by atoms with E-state index in [1.165, 1.54) is 11.5 Å². The maximum absolute atomic E-state index is 8.70. The van der Waals surface area contributed by atoms with Gasteiger partial charge in [-0.25, -0.2) is 0 Å². The Hall–Kier alpha value is -0.120. The summed E-state index contributed by atoms with van der Waals surface area (Å²) in [5.41, 5.74) is 0. The molecule has 0 bridgehead atoms. The van der Waals surface area contributed by atoms with E-state index in [4.69, 9.17) is 5.21 Å². The minimum absolute atomic E-state index is 0.764. The van der Waals surface area contributed by atoms with Crippen molar-refractivity contribution < 1.29 is 5.21 Å². The first-order chi connectivity index (χ1) is 4.81. The van der Waals surface area contributed by atoms with E-state index in [9.17, 15) is 0 Å². The molecule has 1 saturated heterocycles. The summed E-state index contributed by atoms with van der Waals surface area (Å²) in [6.07, 6.45) is 1.25. The van der Waals surface area contributed by atoms with Crippen molar-refractivity contribution in [3.63, 3.8) is 0 Å². The Labute approximate surface area is 63.0 Å². The molecule has 1 aliphatic heterocycles. The standard InChI is InChI=1S/C4H10N2O.C3H8/c7-6-3-1-5-2-4-6;1-3-2/h5,7H,1-4H2;3H2,1-2H3. The Kier molecular flexibility index (Phi) is 6.91. The molecule has 1 fully saturated rings. The van der Waals surface area contributed by atoms with E-state index in [1.54, 1.807) is 0 Å². The van der Waals surface area contributed by atoms with E-state index in [2.05, 4.69) is 19.2 Å². The first-order valence-electron chi connectivity index (χ1n) is 3.95. The summed E-state index contributed by atoms with van der Waals surface area (Å²) in [5, 5.41) is 13.1. The number of hydrogen-bond donors (Lipinski definition) is 2. The molecule has 3 nitrogen and oxygen atoms in total. The highest BCUT2D eigenvalue weighted by Crippen LogP contribution is 1.82. The van der Waals surface area contributed by atoms with Gasteiger partial charge in [-0.15, -0.1) is 0 Å². The van der Waals surface area contributed by atoms with Crippen LogP contribution < -0.4 is 5.32 Å². The lowest BCUT2D eigenvalue weighted by molar-refractivity contribution is -0.0976. The third-order valence-electron chi connectivity index (χ3n) is 1.09. The van der Waals surface area contributed by atoms with Crippen LogP contribution in [-0.4, -0.2) is 36.4 Å². The first kappa shape index (κ1) is 9.88. The fourth-order valence-corrected chi connectivity index (χ4v) is 0.653. The predicted molar refractivity (Wildman–Crippen MR) is 42.2 cm³/mol. The molecule has 1 heterocycles. The molecule has 0 aromatic carbocycles. The van der Waals surface area contributed by atoms with Crippen LogP contribution in [0, 0.1) is 0 Å². The van der Waals surface area contributed by atoms with Crippen LogP contribution in [-0.2, 0) is 0 Å². The average Bonchev–Trinajstić information content (AvgIpc) is 1.91. The van der Waals surface area contributed by atoms with Gasteiger partial charge in [-0.2, -0.15) is 5.06 Å². The van der Waals surface area contributed by atoms with Crippen molar-refractivity contribution in [1.29, 1.82) is 0 Å². The first-order valence-corrected chi connectivity index (χ1v) is 3.95. The van der Waals surface area contributed by atoms with Gasteiger partial charge in [0.25, 0.3) is 0 Å². The number of rotatable bonds is 0. The summed E-state index contributed by atoms with van der Waals surface area (Å²) < 4.78 is 0. The highest BCUT2D eigenvalue weighted by molar-refractivity contribution is 4.58. The lowest BCUT2D eigenvalue weighted by Gasteiger charge is -2.19. The number of hydrogen-bond acceptors (Lipinski definition) is 3. The van der Waals surface area contributed by atoms with Crippen LogP contribution in [0.2, 0.25) is 0 Å². The highest BCUT2D eigenvalue weighted by Gasteiger charge is 2.03.